The highest BCUT2D eigenvalue weighted by atomic mass is 16.7. The maximum absolute atomic E-state index is 13.8. The van der Waals surface area contributed by atoms with Crippen LogP contribution < -0.4 is 0 Å². The zero-order chi connectivity index (χ0) is 37.9. The van der Waals surface area contributed by atoms with Gasteiger partial charge in [-0.05, 0) is 118 Å². The summed E-state index contributed by atoms with van der Waals surface area (Å²) in [6.07, 6.45) is 8.49. The van der Waals surface area contributed by atoms with Gasteiger partial charge in [0, 0.05) is 24.3 Å². The molecule has 0 aromatic heterocycles. The number of carbonyl (C=O) groups is 2. The standard InChI is InChI=1S/C41H71N3O8/c1-8-35-32(26-44-20-13-10-14-21-44)23-27(2)15-16-33(45)28(3)24-31(17-22-43-18-11-9-12-19-43)40(29(4)34(46)25-36(47)51-35)52-41-39(49)37(42(6)7)38(48)30(5)50-41/h15-16,23,28-32,34-35,37-41,46,48-49H,8-14,17-22,24-26H2,1-7H3/t28-,29+,30-,31+,32-,34-,35-,37-,38-,39-,40-,41+/m1/s1. The second-order valence-corrected chi connectivity index (χ2v) is 16.6. The number of aliphatic hydroxyl groups is 3. The number of aliphatic hydroxyl groups excluding tert-OH is 3. The Labute approximate surface area is 313 Å². The molecule has 0 bridgehead atoms. The summed E-state index contributed by atoms with van der Waals surface area (Å²) in [5.74, 6) is -1.58. The molecule has 0 radical (unpaired) electrons. The topological polar surface area (TPSA) is 132 Å². The number of hydrogen-bond acceptors (Lipinski definition) is 11. The largest absolute Gasteiger partial charge is 0.462 e. The van der Waals surface area contributed by atoms with E-state index in [0.717, 1.165) is 70.5 Å². The molecule has 4 rings (SSSR count). The van der Waals surface area contributed by atoms with Crippen molar-refractivity contribution in [2.45, 2.75) is 148 Å². The van der Waals surface area contributed by atoms with Gasteiger partial charge in [0.2, 0.25) is 0 Å². The molecule has 0 spiro atoms. The number of ketones is 1. The first-order valence-corrected chi connectivity index (χ1v) is 20.3. The third-order valence-corrected chi connectivity index (χ3v) is 12.1. The zero-order valence-corrected chi connectivity index (χ0v) is 33.2. The molecule has 4 heterocycles. The molecule has 11 nitrogen and oxygen atoms in total. The summed E-state index contributed by atoms with van der Waals surface area (Å²) in [6, 6.07) is -0.632. The Hall–Kier alpha value is -1.70. The average molecular weight is 734 g/mol. The van der Waals surface area contributed by atoms with Crippen LogP contribution in [0.4, 0.5) is 0 Å². The molecule has 52 heavy (non-hydrogen) atoms. The lowest BCUT2D eigenvalue weighted by atomic mass is 9.79. The number of nitrogens with zero attached hydrogens (tertiary/aromatic N) is 3. The number of allylic oxidation sites excluding steroid dienone is 3. The Kier molecular flexibility index (Phi) is 17.2. The third kappa shape index (κ3) is 12.2. The van der Waals surface area contributed by atoms with Crippen LogP contribution in [0.15, 0.2) is 23.8 Å². The molecule has 3 N–H and O–H groups in total. The molecular weight excluding hydrogens is 662 g/mol. The van der Waals surface area contributed by atoms with Crippen LogP contribution in [-0.2, 0) is 23.8 Å². The van der Waals surface area contributed by atoms with E-state index in [1.807, 2.05) is 33.8 Å². The van der Waals surface area contributed by atoms with E-state index in [-0.39, 0.29) is 36.1 Å². The molecule has 3 saturated heterocycles. The number of likely N-dealkylation sites (N-methyl/N-ethyl adjacent to an activating group) is 1. The second kappa shape index (κ2) is 20.8. The lowest BCUT2D eigenvalue weighted by molar-refractivity contribution is -0.304. The molecular formula is C41H71N3O8. The summed E-state index contributed by atoms with van der Waals surface area (Å²) in [6.45, 7) is 15.3. The van der Waals surface area contributed by atoms with Crippen LogP contribution in [0.5, 0.6) is 0 Å². The number of carbonyl (C=O) groups excluding carboxylic acids is 2. The lowest BCUT2D eigenvalue weighted by Gasteiger charge is -2.47. The highest BCUT2D eigenvalue weighted by Gasteiger charge is 2.47. The zero-order valence-electron chi connectivity index (χ0n) is 33.2. The predicted molar refractivity (Wildman–Crippen MR) is 203 cm³/mol. The van der Waals surface area contributed by atoms with Crippen LogP contribution >= 0.6 is 0 Å². The van der Waals surface area contributed by atoms with Crippen molar-refractivity contribution in [2.24, 2.45) is 23.7 Å². The molecule has 0 aromatic rings. The van der Waals surface area contributed by atoms with Gasteiger partial charge >= 0.3 is 5.97 Å². The van der Waals surface area contributed by atoms with Crippen molar-refractivity contribution >= 4 is 11.8 Å². The number of piperidine rings is 2. The van der Waals surface area contributed by atoms with Crippen LogP contribution in [0.25, 0.3) is 0 Å². The van der Waals surface area contributed by atoms with Gasteiger partial charge in [0.25, 0.3) is 0 Å². The summed E-state index contributed by atoms with van der Waals surface area (Å²) in [4.78, 5) is 34.1. The van der Waals surface area contributed by atoms with Gasteiger partial charge in [-0.1, -0.05) is 51.3 Å². The van der Waals surface area contributed by atoms with Gasteiger partial charge in [-0.25, -0.2) is 0 Å². The van der Waals surface area contributed by atoms with E-state index < -0.39 is 54.7 Å². The Morgan fingerprint density at radius 2 is 1.54 bits per heavy atom. The van der Waals surface area contributed by atoms with Crippen LogP contribution in [0.3, 0.4) is 0 Å². The summed E-state index contributed by atoms with van der Waals surface area (Å²) in [5.41, 5.74) is 0.954. The van der Waals surface area contributed by atoms with Gasteiger partial charge in [-0.2, -0.15) is 0 Å². The van der Waals surface area contributed by atoms with Crippen molar-refractivity contribution in [3.8, 4) is 0 Å². The molecule has 3 fully saturated rings. The molecule has 0 saturated carbocycles. The number of likely N-dealkylation sites (tertiary alicyclic amines) is 2. The van der Waals surface area contributed by atoms with E-state index in [9.17, 15) is 24.9 Å². The minimum atomic E-state index is -1.17. The molecule has 0 aliphatic carbocycles. The minimum absolute atomic E-state index is 0.0270. The van der Waals surface area contributed by atoms with E-state index in [4.69, 9.17) is 14.2 Å². The summed E-state index contributed by atoms with van der Waals surface area (Å²) in [7, 11) is 3.60. The molecule has 0 amide bonds. The minimum Gasteiger partial charge on any atom is -0.462 e. The maximum atomic E-state index is 13.8. The van der Waals surface area contributed by atoms with Crippen molar-refractivity contribution in [1.82, 2.24) is 14.7 Å². The monoisotopic (exact) mass is 734 g/mol. The van der Waals surface area contributed by atoms with Gasteiger partial charge in [-0.15, -0.1) is 0 Å². The molecule has 0 aromatic carbocycles. The normalized spacial score (nSPS) is 38.6. The summed E-state index contributed by atoms with van der Waals surface area (Å²) in [5, 5.41) is 34.2. The second-order valence-electron chi connectivity index (χ2n) is 16.6. The van der Waals surface area contributed by atoms with E-state index in [0.29, 0.717) is 19.3 Å². The van der Waals surface area contributed by atoms with Gasteiger partial charge in [0.1, 0.15) is 12.2 Å². The van der Waals surface area contributed by atoms with Crippen LogP contribution in [0.2, 0.25) is 0 Å². The summed E-state index contributed by atoms with van der Waals surface area (Å²) >= 11 is 0. The van der Waals surface area contributed by atoms with E-state index in [1.165, 1.54) is 12.8 Å². The number of ether oxygens (including phenoxy) is 3. The quantitative estimate of drug-likeness (QED) is 0.295. The van der Waals surface area contributed by atoms with Crippen LogP contribution in [0.1, 0.15) is 98.8 Å². The lowest BCUT2D eigenvalue weighted by Crippen LogP contribution is -2.63. The Bertz CT molecular complexity index is 1170. The maximum Gasteiger partial charge on any atom is 0.308 e. The molecule has 0 unspecified atom stereocenters. The van der Waals surface area contributed by atoms with Gasteiger partial charge in [0.05, 0.1) is 36.9 Å². The Balaban J connectivity index is 1.68. The van der Waals surface area contributed by atoms with Crippen molar-refractivity contribution in [3.05, 3.63) is 23.8 Å². The molecule has 298 valence electrons. The SMILES string of the molecule is CC[C@H]1OC(=O)C[C@@H](O)[C@H](C)[C@@H](O[C@@H]2O[C@H](C)[C@@H](O)[C@@H](N(C)C)[C@H]2O)[C@@H](CCN2CCCCC2)C[C@@H](C)C(=O)C=CC(C)=C[C@@H]1CN1CCCCC1. The fourth-order valence-electron chi connectivity index (χ4n) is 8.83. The first-order valence-electron chi connectivity index (χ1n) is 20.3. The molecule has 4 aliphatic rings. The Morgan fingerprint density at radius 3 is 2.15 bits per heavy atom. The fraction of sp³-hybridized carbons (Fsp3) is 0.854. The number of cyclic esters (lactones) is 1. The van der Waals surface area contributed by atoms with Crippen molar-refractivity contribution in [3.63, 3.8) is 0 Å². The van der Waals surface area contributed by atoms with Crippen molar-refractivity contribution in [2.75, 3.05) is 53.4 Å². The van der Waals surface area contributed by atoms with Crippen LogP contribution in [0, 0.1) is 23.7 Å². The third-order valence-electron chi connectivity index (χ3n) is 12.1. The van der Waals surface area contributed by atoms with E-state index in [2.05, 4.69) is 15.9 Å². The molecule has 4 aliphatic heterocycles. The predicted octanol–water partition coefficient (Wildman–Crippen LogP) is 4.18. The highest BCUT2D eigenvalue weighted by molar-refractivity contribution is 5.91. The number of rotatable bonds is 9. The first kappa shape index (κ1) is 43.0. The fourth-order valence-corrected chi connectivity index (χ4v) is 8.83. The van der Waals surface area contributed by atoms with E-state index >= 15 is 0 Å². The molecule has 12 atom stereocenters. The Morgan fingerprint density at radius 1 is 0.904 bits per heavy atom. The van der Waals surface area contributed by atoms with Crippen molar-refractivity contribution in [1.29, 1.82) is 0 Å². The molecule has 11 heteroatoms. The van der Waals surface area contributed by atoms with Gasteiger partial charge in [0.15, 0.2) is 12.1 Å². The number of esters is 1. The number of hydrogen-bond donors (Lipinski definition) is 3. The van der Waals surface area contributed by atoms with Gasteiger partial charge in [-0.3, -0.25) is 9.59 Å². The van der Waals surface area contributed by atoms with E-state index in [1.54, 1.807) is 32.0 Å². The van der Waals surface area contributed by atoms with Crippen molar-refractivity contribution < 1.29 is 39.1 Å². The summed E-state index contributed by atoms with van der Waals surface area (Å²) < 4.78 is 19.1. The van der Waals surface area contributed by atoms with Gasteiger partial charge < -0.3 is 44.2 Å². The van der Waals surface area contributed by atoms with Crippen LogP contribution in [-0.4, -0.2) is 144 Å². The average Bonchev–Trinajstić information content (AvgIpc) is 3.12. The first-order chi connectivity index (χ1) is 24.8. The highest BCUT2D eigenvalue weighted by Crippen LogP contribution is 2.35. The smallest absolute Gasteiger partial charge is 0.308 e.